The molecule has 0 aromatic rings. The maximum Gasteiger partial charge on any atom is 0.0826 e. The van der Waals surface area contributed by atoms with Gasteiger partial charge in [0.2, 0.25) is 0 Å². The molecule has 0 aromatic carbocycles. The number of ether oxygens (including phenoxy) is 1. The Bertz CT molecular complexity index is 190. The Labute approximate surface area is 114 Å². The number of nitrogens with one attached hydrogen (secondary N) is 1. The molecule has 102 valence electrons. The number of unbranched alkanes of at least 4 members (excludes halogenated alkanes) is 2. The van der Waals surface area contributed by atoms with Crippen molar-refractivity contribution in [1.29, 1.82) is 0 Å². The number of alkyl halides is 1. The minimum absolute atomic E-state index is 0.377. The molecule has 1 atom stereocenters. The lowest BCUT2D eigenvalue weighted by molar-refractivity contribution is -0.0370. The molecular formula is C13H27BrN2O. The zero-order valence-electron chi connectivity index (χ0n) is 11.3. The molecule has 0 saturated carbocycles. The first-order valence-corrected chi connectivity index (χ1v) is 7.98. The first-order chi connectivity index (χ1) is 8.24. The van der Waals surface area contributed by atoms with E-state index >= 15 is 0 Å². The molecule has 1 fully saturated rings. The second-order valence-electron chi connectivity index (χ2n) is 5.04. The van der Waals surface area contributed by atoms with Crippen molar-refractivity contribution in [1.82, 2.24) is 10.2 Å². The van der Waals surface area contributed by atoms with E-state index in [0.29, 0.717) is 12.1 Å². The fourth-order valence-corrected chi connectivity index (χ4v) is 2.52. The summed E-state index contributed by atoms with van der Waals surface area (Å²) in [4.78, 5) is 2.50. The molecular weight excluding hydrogens is 280 g/mol. The summed E-state index contributed by atoms with van der Waals surface area (Å²) in [7, 11) is 0. The topological polar surface area (TPSA) is 24.5 Å². The molecule has 1 heterocycles. The highest BCUT2D eigenvalue weighted by molar-refractivity contribution is 9.09. The number of nitrogens with zero attached hydrogens (tertiary/aromatic N) is 1. The van der Waals surface area contributed by atoms with Crippen molar-refractivity contribution in [3.63, 3.8) is 0 Å². The second-order valence-corrected chi connectivity index (χ2v) is 5.83. The van der Waals surface area contributed by atoms with Crippen LogP contribution in [0.15, 0.2) is 0 Å². The van der Waals surface area contributed by atoms with Crippen LogP contribution in [0.4, 0.5) is 0 Å². The third-order valence-corrected chi connectivity index (χ3v) is 3.82. The monoisotopic (exact) mass is 306 g/mol. The summed E-state index contributed by atoms with van der Waals surface area (Å²) >= 11 is 3.46. The highest BCUT2D eigenvalue weighted by atomic mass is 79.9. The minimum atomic E-state index is 0.377. The van der Waals surface area contributed by atoms with Gasteiger partial charge in [-0.3, -0.25) is 4.90 Å². The molecule has 0 bridgehead atoms. The van der Waals surface area contributed by atoms with Gasteiger partial charge in [-0.2, -0.15) is 0 Å². The predicted octanol–water partition coefficient (Wildman–Crippen LogP) is 2.25. The van der Waals surface area contributed by atoms with Gasteiger partial charge in [-0.15, -0.1) is 0 Å². The van der Waals surface area contributed by atoms with Gasteiger partial charge >= 0.3 is 0 Å². The largest absolute Gasteiger partial charge is 0.374 e. The van der Waals surface area contributed by atoms with E-state index in [9.17, 15) is 0 Å². The summed E-state index contributed by atoms with van der Waals surface area (Å²) < 4.78 is 5.77. The Morgan fingerprint density at radius 3 is 2.88 bits per heavy atom. The Morgan fingerprint density at radius 2 is 2.18 bits per heavy atom. The fraction of sp³-hybridized carbons (Fsp3) is 1.00. The molecule has 0 radical (unpaired) electrons. The van der Waals surface area contributed by atoms with Crippen molar-refractivity contribution >= 4 is 15.9 Å². The van der Waals surface area contributed by atoms with E-state index in [2.05, 4.69) is 40.0 Å². The summed E-state index contributed by atoms with van der Waals surface area (Å²) in [6.07, 6.45) is 4.24. The summed E-state index contributed by atoms with van der Waals surface area (Å²) in [6.45, 7) is 9.68. The smallest absolute Gasteiger partial charge is 0.0826 e. The van der Waals surface area contributed by atoms with E-state index < -0.39 is 0 Å². The average molecular weight is 307 g/mol. The molecule has 1 unspecified atom stereocenters. The lowest BCUT2D eigenvalue weighted by atomic mass is 10.2. The predicted molar refractivity (Wildman–Crippen MR) is 77.0 cm³/mol. The molecule has 0 spiro atoms. The first kappa shape index (κ1) is 15.4. The number of hydrogen-bond donors (Lipinski definition) is 1. The molecule has 17 heavy (non-hydrogen) atoms. The van der Waals surface area contributed by atoms with Gasteiger partial charge in [0.1, 0.15) is 0 Å². The molecule has 3 nitrogen and oxygen atoms in total. The lowest BCUT2D eigenvalue weighted by Gasteiger charge is -2.35. The molecule has 1 aliphatic heterocycles. The van der Waals surface area contributed by atoms with Gasteiger partial charge in [0, 0.05) is 31.0 Å². The summed E-state index contributed by atoms with van der Waals surface area (Å²) in [6, 6.07) is 0.639. The van der Waals surface area contributed by atoms with Crippen LogP contribution in [0.5, 0.6) is 0 Å². The van der Waals surface area contributed by atoms with Crippen molar-refractivity contribution in [2.45, 2.75) is 45.3 Å². The number of rotatable bonds is 8. The molecule has 0 amide bonds. The average Bonchev–Trinajstić information content (AvgIpc) is 2.34. The highest BCUT2D eigenvalue weighted by Crippen LogP contribution is 2.08. The van der Waals surface area contributed by atoms with Crippen LogP contribution >= 0.6 is 15.9 Å². The van der Waals surface area contributed by atoms with Crippen LogP contribution in [-0.2, 0) is 4.74 Å². The van der Waals surface area contributed by atoms with E-state index in [1.54, 1.807) is 0 Å². The van der Waals surface area contributed by atoms with Crippen molar-refractivity contribution < 1.29 is 4.74 Å². The van der Waals surface area contributed by atoms with Crippen LogP contribution in [0.3, 0.4) is 0 Å². The van der Waals surface area contributed by atoms with Gasteiger partial charge in [0.15, 0.2) is 0 Å². The molecule has 1 aliphatic rings. The fourth-order valence-electron chi connectivity index (χ4n) is 2.12. The summed E-state index contributed by atoms with van der Waals surface area (Å²) in [5, 5.41) is 4.63. The van der Waals surface area contributed by atoms with Crippen LogP contribution in [0.1, 0.15) is 33.1 Å². The zero-order chi connectivity index (χ0) is 12.5. The van der Waals surface area contributed by atoms with Crippen LogP contribution < -0.4 is 5.32 Å². The van der Waals surface area contributed by atoms with Gasteiger partial charge in [-0.25, -0.2) is 0 Å². The quantitative estimate of drug-likeness (QED) is 0.550. The molecule has 4 heteroatoms. The third kappa shape index (κ3) is 6.75. The number of morpholine rings is 1. The lowest BCUT2D eigenvalue weighted by Crippen LogP contribution is -2.49. The Balaban J connectivity index is 2.02. The number of halogens is 1. The van der Waals surface area contributed by atoms with Gasteiger partial charge in [0.05, 0.1) is 12.7 Å². The molecule has 1 N–H and O–H groups in total. The Hall–Kier alpha value is 0.360. The SMILES string of the molecule is CC(C)N1CCOC(CNCCCCCBr)C1. The van der Waals surface area contributed by atoms with Crippen LogP contribution in [0.2, 0.25) is 0 Å². The molecule has 0 aliphatic carbocycles. The molecule has 1 rings (SSSR count). The number of hydrogen-bond acceptors (Lipinski definition) is 3. The maximum absolute atomic E-state index is 5.77. The maximum atomic E-state index is 5.77. The van der Waals surface area contributed by atoms with Gasteiger partial charge in [-0.1, -0.05) is 22.4 Å². The van der Waals surface area contributed by atoms with Gasteiger partial charge in [0.25, 0.3) is 0 Å². The van der Waals surface area contributed by atoms with Gasteiger partial charge in [-0.05, 0) is 33.2 Å². The second kappa shape index (κ2) is 9.31. The molecule has 1 saturated heterocycles. The first-order valence-electron chi connectivity index (χ1n) is 6.86. The normalized spacial score (nSPS) is 22.2. The van der Waals surface area contributed by atoms with E-state index in [-0.39, 0.29) is 0 Å². The summed E-state index contributed by atoms with van der Waals surface area (Å²) in [5.41, 5.74) is 0. The van der Waals surface area contributed by atoms with Crippen molar-refractivity contribution in [3.8, 4) is 0 Å². The zero-order valence-corrected chi connectivity index (χ0v) is 12.8. The standard InChI is InChI=1S/C13H27BrN2O/c1-12(2)16-8-9-17-13(11-16)10-15-7-5-3-4-6-14/h12-13,15H,3-11H2,1-2H3. The van der Waals surface area contributed by atoms with Crippen LogP contribution in [0, 0.1) is 0 Å². The summed E-state index contributed by atoms with van der Waals surface area (Å²) in [5.74, 6) is 0. The van der Waals surface area contributed by atoms with E-state index in [1.165, 1.54) is 19.3 Å². The third-order valence-electron chi connectivity index (χ3n) is 3.26. The van der Waals surface area contributed by atoms with Crippen molar-refractivity contribution in [2.24, 2.45) is 0 Å². The van der Waals surface area contributed by atoms with Gasteiger partial charge < -0.3 is 10.1 Å². The van der Waals surface area contributed by atoms with Crippen LogP contribution in [-0.4, -0.2) is 55.2 Å². The van der Waals surface area contributed by atoms with E-state index in [1.807, 2.05) is 0 Å². The van der Waals surface area contributed by atoms with Crippen LogP contribution in [0.25, 0.3) is 0 Å². The Kier molecular flexibility index (Phi) is 8.44. The van der Waals surface area contributed by atoms with Crippen molar-refractivity contribution in [3.05, 3.63) is 0 Å². The van der Waals surface area contributed by atoms with E-state index in [4.69, 9.17) is 4.74 Å². The van der Waals surface area contributed by atoms with E-state index in [0.717, 1.165) is 38.1 Å². The molecule has 0 aromatic heterocycles. The highest BCUT2D eigenvalue weighted by Gasteiger charge is 2.21. The van der Waals surface area contributed by atoms with Crippen molar-refractivity contribution in [2.75, 3.05) is 38.1 Å². The Morgan fingerprint density at radius 1 is 1.35 bits per heavy atom. The minimum Gasteiger partial charge on any atom is -0.374 e.